The molecule has 0 aliphatic heterocycles. The molecule has 0 aliphatic carbocycles. The van der Waals surface area contributed by atoms with E-state index in [4.69, 9.17) is 5.26 Å². The van der Waals surface area contributed by atoms with E-state index in [0.717, 1.165) is 0 Å². The summed E-state index contributed by atoms with van der Waals surface area (Å²) < 4.78 is 13.1. The van der Waals surface area contributed by atoms with Gasteiger partial charge in [0.1, 0.15) is 5.82 Å². The summed E-state index contributed by atoms with van der Waals surface area (Å²) in [5.41, 5.74) is 1.17. The Hall–Kier alpha value is -2.32. The maximum atomic E-state index is 13.1. The van der Waals surface area contributed by atoms with Gasteiger partial charge in [-0.15, -0.1) is 11.8 Å². The van der Waals surface area contributed by atoms with Crippen LogP contribution in [0.15, 0.2) is 53.4 Å². The summed E-state index contributed by atoms with van der Waals surface area (Å²) in [6.45, 7) is 1.76. The molecule has 1 N–H and O–H groups in total. The zero-order valence-electron chi connectivity index (χ0n) is 11.3. The number of thioether (sulfide) groups is 1. The summed E-state index contributed by atoms with van der Waals surface area (Å²) in [6, 6.07) is 14.8. The lowest BCUT2D eigenvalue weighted by Gasteiger charge is -2.12. The average molecular weight is 300 g/mol. The number of carbonyl (C=O) groups excluding carboxylic acids is 1. The van der Waals surface area contributed by atoms with Crippen LogP contribution in [0.2, 0.25) is 0 Å². The zero-order valence-corrected chi connectivity index (χ0v) is 12.2. The number of rotatable bonds is 4. The molecule has 21 heavy (non-hydrogen) atoms. The van der Waals surface area contributed by atoms with E-state index in [1.807, 2.05) is 6.07 Å². The highest BCUT2D eigenvalue weighted by atomic mass is 32.2. The fourth-order valence-corrected chi connectivity index (χ4v) is 2.58. The standard InChI is InChI=1S/C16H13FN2OS/c1-11(21-15-4-2-3-13(17)9-15)16(20)19-14-7-5-12(10-18)6-8-14/h2-9,11H,1H3,(H,19,20). The Labute approximate surface area is 126 Å². The van der Waals surface area contributed by atoms with Crippen molar-refractivity contribution in [3.63, 3.8) is 0 Å². The second-order valence-electron chi connectivity index (χ2n) is 4.40. The molecule has 0 heterocycles. The van der Waals surface area contributed by atoms with Crippen LogP contribution in [0, 0.1) is 17.1 Å². The van der Waals surface area contributed by atoms with E-state index in [-0.39, 0.29) is 17.0 Å². The molecule has 1 unspecified atom stereocenters. The molecule has 2 aromatic rings. The molecular formula is C16H13FN2OS. The van der Waals surface area contributed by atoms with Gasteiger partial charge >= 0.3 is 0 Å². The number of nitrogens with one attached hydrogen (secondary N) is 1. The van der Waals surface area contributed by atoms with Crippen LogP contribution < -0.4 is 5.32 Å². The molecule has 0 radical (unpaired) electrons. The van der Waals surface area contributed by atoms with Gasteiger partial charge < -0.3 is 5.32 Å². The molecule has 1 amide bonds. The molecule has 0 saturated heterocycles. The zero-order chi connectivity index (χ0) is 15.2. The summed E-state index contributed by atoms with van der Waals surface area (Å²) in [5.74, 6) is -0.492. The molecule has 2 aromatic carbocycles. The first-order chi connectivity index (χ1) is 10.1. The lowest BCUT2D eigenvalue weighted by molar-refractivity contribution is -0.115. The van der Waals surface area contributed by atoms with Crippen molar-refractivity contribution in [1.82, 2.24) is 0 Å². The van der Waals surface area contributed by atoms with Crippen LogP contribution in [0.1, 0.15) is 12.5 Å². The first-order valence-corrected chi connectivity index (χ1v) is 7.19. The quantitative estimate of drug-likeness (QED) is 0.873. The largest absolute Gasteiger partial charge is 0.325 e. The van der Waals surface area contributed by atoms with Crippen LogP contribution in [0.3, 0.4) is 0 Å². The Morgan fingerprint density at radius 3 is 2.62 bits per heavy atom. The SMILES string of the molecule is CC(Sc1cccc(F)c1)C(=O)Nc1ccc(C#N)cc1. The van der Waals surface area contributed by atoms with E-state index < -0.39 is 0 Å². The minimum absolute atomic E-state index is 0.172. The van der Waals surface area contributed by atoms with Crippen molar-refractivity contribution in [2.24, 2.45) is 0 Å². The van der Waals surface area contributed by atoms with Gasteiger partial charge in [0.25, 0.3) is 0 Å². The number of amides is 1. The molecule has 0 fully saturated rings. The van der Waals surface area contributed by atoms with Gasteiger partial charge in [0.15, 0.2) is 0 Å². The van der Waals surface area contributed by atoms with Crippen LogP contribution in [-0.4, -0.2) is 11.2 Å². The number of anilines is 1. The molecule has 0 bridgehead atoms. The predicted molar refractivity (Wildman–Crippen MR) is 81.5 cm³/mol. The van der Waals surface area contributed by atoms with Crippen molar-refractivity contribution in [2.75, 3.05) is 5.32 Å². The molecule has 106 valence electrons. The second kappa shape index (κ2) is 6.91. The highest BCUT2D eigenvalue weighted by molar-refractivity contribution is 8.00. The summed E-state index contributed by atoms with van der Waals surface area (Å²) in [5, 5.41) is 11.1. The summed E-state index contributed by atoms with van der Waals surface area (Å²) in [7, 11) is 0. The molecule has 3 nitrogen and oxygen atoms in total. The van der Waals surface area contributed by atoms with Crippen molar-refractivity contribution in [3.05, 3.63) is 59.9 Å². The van der Waals surface area contributed by atoms with Crippen molar-refractivity contribution >= 4 is 23.4 Å². The van der Waals surface area contributed by atoms with Crippen LogP contribution in [-0.2, 0) is 4.79 Å². The molecule has 2 rings (SSSR count). The Balaban J connectivity index is 1.97. The minimum atomic E-state index is -0.359. The summed E-state index contributed by atoms with van der Waals surface area (Å²) in [6.07, 6.45) is 0. The van der Waals surface area contributed by atoms with Crippen molar-refractivity contribution < 1.29 is 9.18 Å². The van der Waals surface area contributed by atoms with Crippen LogP contribution in [0.5, 0.6) is 0 Å². The number of nitriles is 1. The number of carbonyl (C=O) groups is 1. The molecule has 0 aliphatic rings. The van der Waals surface area contributed by atoms with Gasteiger partial charge in [-0.25, -0.2) is 4.39 Å². The van der Waals surface area contributed by atoms with Crippen LogP contribution in [0.25, 0.3) is 0 Å². The van der Waals surface area contributed by atoms with E-state index >= 15 is 0 Å². The molecule has 0 spiro atoms. The van der Waals surface area contributed by atoms with Gasteiger partial charge in [0.05, 0.1) is 16.9 Å². The lowest BCUT2D eigenvalue weighted by atomic mass is 10.2. The van der Waals surface area contributed by atoms with Crippen LogP contribution in [0.4, 0.5) is 10.1 Å². The number of hydrogen-bond donors (Lipinski definition) is 1. The number of hydrogen-bond acceptors (Lipinski definition) is 3. The maximum absolute atomic E-state index is 13.1. The van der Waals surface area contributed by atoms with Gasteiger partial charge in [-0.3, -0.25) is 4.79 Å². The predicted octanol–water partition coefficient (Wildman–Crippen LogP) is 3.82. The Morgan fingerprint density at radius 2 is 2.00 bits per heavy atom. The third-order valence-electron chi connectivity index (χ3n) is 2.76. The molecular weight excluding hydrogens is 287 g/mol. The number of benzene rings is 2. The highest BCUT2D eigenvalue weighted by Crippen LogP contribution is 2.24. The van der Waals surface area contributed by atoms with Crippen molar-refractivity contribution in [1.29, 1.82) is 5.26 Å². The van der Waals surface area contributed by atoms with E-state index in [9.17, 15) is 9.18 Å². The van der Waals surface area contributed by atoms with Gasteiger partial charge in [0, 0.05) is 10.6 Å². The molecule has 0 saturated carbocycles. The van der Waals surface area contributed by atoms with E-state index in [0.29, 0.717) is 16.1 Å². The molecule has 0 aromatic heterocycles. The van der Waals surface area contributed by atoms with Gasteiger partial charge in [-0.2, -0.15) is 5.26 Å². The van der Waals surface area contributed by atoms with Crippen molar-refractivity contribution in [2.45, 2.75) is 17.1 Å². The normalized spacial score (nSPS) is 11.5. The Morgan fingerprint density at radius 1 is 1.29 bits per heavy atom. The third-order valence-corrected chi connectivity index (χ3v) is 3.85. The fourth-order valence-electron chi connectivity index (χ4n) is 1.67. The Bertz CT molecular complexity index is 679. The first kappa shape index (κ1) is 15.1. The first-order valence-electron chi connectivity index (χ1n) is 6.32. The van der Waals surface area contributed by atoms with Gasteiger partial charge in [-0.05, 0) is 49.4 Å². The molecule has 5 heteroatoms. The number of halogens is 1. The molecule has 1 atom stereocenters. The fraction of sp³-hybridized carbons (Fsp3) is 0.125. The minimum Gasteiger partial charge on any atom is -0.325 e. The van der Waals surface area contributed by atoms with Gasteiger partial charge in [-0.1, -0.05) is 6.07 Å². The highest BCUT2D eigenvalue weighted by Gasteiger charge is 2.14. The smallest absolute Gasteiger partial charge is 0.237 e. The number of nitrogens with zero attached hydrogens (tertiary/aromatic N) is 1. The summed E-state index contributed by atoms with van der Waals surface area (Å²) in [4.78, 5) is 12.8. The van der Waals surface area contributed by atoms with E-state index in [1.165, 1.54) is 23.9 Å². The Kier molecular flexibility index (Phi) is 4.96. The average Bonchev–Trinajstić information content (AvgIpc) is 2.48. The maximum Gasteiger partial charge on any atom is 0.237 e. The van der Waals surface area contributed by atoms with Gasteiger partial charge in [0.2, 0.25) is 5.91 Å². The monoisotopic (exact) mass is 300 g/mol. The topological polar surface area (TPSA) is 52.9 Å². The van der Waals surface area contributed by atoms with Crippen LogP contribution >= 0.6 is 11.8 Å². The van der Waals surface area contributed by atoms with Crippen molar-refractivity contribution in [3.8, 4) is 6.07 Å². The van der Waals surface area contributed by atoms with E-state index in [2.05, 4.69) is 5.32 Å². The van der Waals surface area contributed by atoms with E-state index in [1.54, 1.807) is 43.3 Å². The third kappa shape index (κ3) is 4.33. The summed E-state index contributed by atoms with van der Waals surface area (Å²) >= 11 is 1.29. The lowest BCUT2D eigenvalue weighted by Crippen LogP contribution is -2.22. The second-order valence-corrected chi connectivity index (χ2v) is 5.81.